The van der Waals surface area contributed by atoms with Crippen LogP contribution < -0.4 is 21.3 Å². The molecule has 0 bridgehead atoms. The van der Waals surface area contributed by atoms with E-state index in [0.717, 1.165) is 24.0 Å². The highest BCUT2D eigenvalue weighted by molar-refractivity contribution is 5.90. The Morgan fingerprint density at radius 3 is 2.12 bits per heavy atom. The number of nitrogens with two attached hydrogens (primary N) is 2. The number of carbonyl (C=O) groups is 2. The smallest absolute Gasteiger partial charge is 0.427 e. The molecule has 2 heterocycles. The number of primary amides is 1. The normalized spacial score (nSPS) is 15.4. The number of anilines is 3. The molecule has 4 N–H and O–H groups in total. The van der Waals surface area contributed by atoms with E-state index in [1.165, 1.54) is 6.92 Å². The molecule has 16 heteroatoms. The van der Waals surface area contributed by atoms with E-state index in [1.807, 2.05) is 12.1 Å². The van der Waals surface area contributed by atoms with Gasteiger partial charge in [-0.1, -0.05) is 12.1 Å². The van der Waals surface area contributed by atoms with Crippen molar-refractivity contribution in [2.45, 2.75) is 24.9 Å². The summed E-state index contributed by atoms with van der Waals surface area (Å²) in [6, 6.07) is 11.6. The Balaban J connectivity index is 1.69. The molecule has 1 unspecified atom stereocenters. The van der Waals surface area contributed by atoms with E-state index in [-0.39, 0.29) is 22.9 Å². The molecule has 4 rings (SSSR count). The lowest BCUT2D eigenvalue weighted by Gasteiger charge is -2.37. The average molecular weight is 608 g/mol. The average Bonchev–Trinajstić information content (AvgIpc) is 2.95. The zero-order valence-corrected chi connectivity index (χ0v) is 22.3. The molecule has 1 aliphatic rings. The van der Waals surface area contributed by atoms with Gasteiger partial charge in [0, 0.05) is 43.0 Å². The number of esters is 1. The third kappa shape index (κ3) is 5.96. The van der Waals surface area contributed by atoms with Crippen molar-refractivity contribution in [2.24, 2.45) is 5.73 Å². The maximum absolute atomic E-state index is 14.2. The second-order valence-corrected chi connectivity index (χ2v) is 9.56. The number of ether oxygens (including phenoxy) is 1. The molecule has 0 aliphatic carbocycles. The summed E-state index contributed by atoms with van der Waals surface area (Å²) in [5, 5.41) is 9.00. The monoisotopic (exact) mass is 607 g/mol. The van der Waals surface area contributed by atoms with Crippen LogP contribution in [0.4, 0.5) is 43.7 Å². The first-order chi connectivity index (χ1) is 20.1. The van der Waals surface area contributed by atoms with Crippen LogP contribution in [0.2, 0.25) is 0 Å². The summed E-state index contributed by atoms with van der Waals surface area (Å²) in [5.41, 5.74) is 7.05. The van der Waals surface area contributed by atoms with Crippen LogP contribution in [-0.2, 0) is 19.9 Å². The molecule has 1 aromatic heterocycles. The van der Waals surface area contributed by atoms with Crippen LogP contribution in [0.25, 0.3) is 11.3 Å². The molecule has 1 aliphatic heterocycles. The second kappa shape index (κ2) is 11.3. The van der Waals surface area contributed by atoms with E-state index in [2.05, 4.69) is 25.7 Å². The minimum absolute atomic E-state index is 0.0132. The van der Waals surface area contributed by atoms with E-state index < -0.39 is 35.4 Å². The lowest BCUT2D eigenvalue weighted by Crippen LogP contribution is -2.57. The summed E-state index contributed by atoms with van der Waals surface area (Å²) in [6.07, 6.45) is -10.6. The fourth-order valence-corrected chi connectivity index (χ4v) is 4.60. The van der Waals surface area contributed by atoms with E-state index in [0.29, 0.717) is 43.4 Å². The number of nitrogen functional groups attached to an aromatic ring is 1. The maximum Gasteiger partial charge on any atom is 0.490 e. The van der Waals surface area contributed by atoms with Crippen LogP contribution in [0.1, 0.15) is 16.7 Å². The first-order valence-corrected chi connectivity index (χ1v) is 12.5. The van der Waals surface area contributed by atoms with Gasteiger partial charge >= 0.3 is 23.9 Å². The Kier molecular flexibility index (Phi) is 8.12. The van der Waals surface area contributed by atoms with Crippen molar-refractivity contribution in [3.63, 3.8) is 0 Å². The van der Waals surface area contributed by atoms with Crippen molar-refractivity contribution in [1.29, 1.82) is 5.26 Å². The molecular weight excluding hydrogens is 584 g/mol. The number of amides is 1. The van der Waals surface area contributed by atoms with Crippen LogP contribution in [0.15, 0.2) is 48.7 Å². The molecule has 1 amide bonds. The van der Waals surface area contributed by atoms with Gasteiger partial charge in [-0.25, -0.2) is 14.8 Å². The van der Waals surface area contributed by atoms with Gasteiger partial charge in [-0.15, -0.1) is 0 Å². The van der Waals surface area contributed by atoms with E-state index >= 15 is 0 Å². The van der Waals surface area contributed by atoms with Gasteiger partial charge in [0.05, 0.1) is 23.5 Å². The molecule has 1 atom stereocenters. The number of alkyl halides is 6. The highest BCUT2D eigenvalue weighted by atomic mass is 19.4. The highest BCUT2D eigenvalue weighted by Crippen LogP contribution is 2.45. The van der Waals surface area contributed by atoms with Crippen molar-refractivity contribution in [2.75, 3.05) is 41.7 Å². The Hall–Kier alpha value is -5.07. The van der Waals surface area contributed by atoms with Crippen molar-refractivity contribution >= 4 is 29.2 Å². The SMILES string of the molecule is Cc1ccc(C(OC(=O)C(F)(F)F)(C(N)=O)C(F)(F)F)cc1-c1cnc(N)c(N2CCN(c3ccc(C#N)cc3)CC2)n1. The number of nitrogens with zero attached hydrogens (tertiary/aromatic N) is 5. The van der Waals surface area contributed by atoms with Gasteiger partial charge < -0.3 is 26.0 Å². The minimum atomic E-state index is -5.86. The Morgan fingerprint density at radius 1 is 0.977 bits per heavy atom. The second-order valence-electron chi connectivity index (χ2n) is 9.56. The van der Waals surface area contributed by atoms with Crippen molar-refractivity contribution in [1.82, 2.24) is 9.97 Å². The molecule has 10 nitrogen and oxygen atoms in total. The molecular formula is C27H23F6N7O3. The molecule has 43 heavy (non-hydrogen) atoms. The third-order valence-electron chi connectivity index (χ3n) is 6.87. The summed E-state index contributed by atoms with van der Waals surface area (Å²) in [7, 11) is 0. The predicted molar refractivity (Wildman–Crippen MR) is 141 cm³/mol. The number of piperazine rings is 1. The lowest BCUT2D eigenvalue weighted by atomic mass is 9.88. The maximum atomic E-state index is 14.2. The number of aromatic nitrogens is 2. The topological polar surface area (TPSA) is 151 Å². The number of hydrogen-bond donors (Lipinski definition) is 2. The fourth-order valence-electron chi connectivity index (χ4n) is 4.60. The molecule has 0 radical (unpaired) electrons. The first-order valence-electron chi connectivity index (χ1n) is 12.5. The van der Waals surface area contributed by atoms with Crippen LogP contribution >= 0.6 is 0 Å². The summed E-state index contributed by atoms with van der Waals surface area (Å²) in [4.78, 5) is 36.1. The number of halogens is 6. The largest absolute Gasteiger partial charge is 0.490 e. The molecule has 3 aromatic rings. The van der Waals surface area contributed by atoms with E-state index in [1.54, 1.807) is 17.0 Å². The quantitative estimate of drug-likeness (QED) is 0.317. The van der Waals surface area contributed by atoms with Gasteiger partial charge in [0.25, 0.3) is 5.91 Å². The summed E-state index contributed by atoms with van der Waals surface area (Å²) >= 11 is 0. The van der Waals surface area contributed by atoms with E-state index in [9.17, 15) is 35.9 Å². The molecule has 1 saturated heterocycles. The number of carbonyl (C=O) groups excluding carboxylic acids is 2. The van der Waals surface area contributed by atoms with Crippen molar-refractivity contribution < 1.29 is 40.7 Å². The predicted octanol–water partition coefficient (Wildman–Crippen LogP) is 3.58. The van der Waals surface area contributed by atoms with Crippen LogP contribution in [0, 0.1) is 18.3 Å². The summed E-state index contributed by atoms with van der Waals surface area (Å²) in [6.45, 7) is 3.39. The zero-order valence-electron chi connectivity index (χ0n) is 22.3. The van der Waals surface area contributed by atoms with Crippen LogP contribution in [0.5, 0.6) is 0 Å². The van der Waals surface area contributed by atoms with Crippen molar-refractivity contribution in [3.8, 4) is 17.3 Å². The fraction of sp³-hybridized carbons (Fsp3) is 0.296. The summed E-state index contributed by atoms with van der Waals surface area (Å²) < 4.78 is 85.3. The Bertz CT molecular complexity index is 1580. The van der Waals surface area contributed by atoms with Gasteiger partial charge in [-0.2, -0.15) is 31.6 Å². The number of nitriles is 1. The Labute approximate surface area is 240 Å². The van der Waals surface area contributed by atoms with Crippen molar-refractivity contribution in [3.05, 3.63) is 65.4 Å². The van der Waals surface area contributed by atoms with E-state index in [4.69, 9.17) is 16.7 Å². The molecule has 0 spiro atoms. The van der Waals surface area contributed by atoms with Gasteiger partial charge in [-0.05, 0) is 42.8 Å². The highest BCUT2D eigenvalue weighted by Gasteiger charge is 2.66. The number of rotatable bonds is 6. The van der Waals surface area contributed by atoms with Gasteiger partial charge in [0.1, 0.15) is 0 Å². The van der Waals surface area contributed by atoms with Gasteiger partial charge in [-0.3, -0.25) is 4.79 Å². The molecule has 0 saturated carbocycles. The Morgan fingerprint density at radius 2 is 1.58 bits per heavy atom. The molecule has 1 fully saturated rings. The molecule has 2 aromatic carbocycles. The molecule has 226 valence electrons. The van der Waals surface area contributed by atoms with Crippen LogP contribution in [-0.4, -0.2) is 60.4 Å². The standard InChI is InChI=1S/C27H23F6N7O3/c1-15-2-5-17(25(23(36)41,27(31,32)33)43-24(42)26(28,29)30)12-19(15)20-14-37-21(35)22(38-20)40-10-8-39(9-11-40)18-6-3-16(13-34)4-7-18/h2-7,12,14H,8-11H2,1H3,(H2,35,37)(H2,36,41). The number of benzene rings is 2. The summed E-state index contributed by atoms with van der Waals surface area (Å²) in [5.74, 6) is -5.40. The number of aryl methyl sites for hydroxylation is 1. The zero-order chi connectivity index (χ0) is 31.7. The number of hydrogen-bond acceptors (Lipinski definition) is 9. The van der Waals surface area contributed by atoms with Gasteiger partial charge in [0.2, 0.25) is 0 Å². The lowest BCUT2D eigenvalue weighted by molar-refractivity contribution is -0.280. The van der Waals surface area contributed by atoms with Gasteiger partial charge in [0.15, 0.2) is 11.6 Å². The minimum Gasteiger partial charge on any atom is -0.427 e. The third-order valence-corrected chi connectivity index (χ3v) is 6.87. The van der Waals surface area contributed by atoms with Crippen LogP contribution in [0.3, 0.4) is 0 Å². The first kappa shape index (κ1) is 30.9.